The smallest absolute Gasteiger partial charge is 0.120 e. The average Bonchev–Trinajstić information content (AvgIpc) is 2.80. The SMILES string of the molecule is CN(C)P1N(C)C(c2ccccc2)C(c2ccccc2)N1C. The average molecular weight is 313 g/mol. The van der Waals surface area contributed by atoms with Gasteiger partial charge in [-0.3, -0.25) is 14.0 Å². The van der Waals surface area contributed by atoms with E-state index < -0.39 is 8.37 Å². The highest BCUT2D eigenvalue weighted by molar-refractivity contribution is 7.50. The van der Waals surface area contributed by atoms with E-state index in [9.17, 15) is 0 Å². The minimum atomic E-state index is -0.452. The summed E-state index contributed by atoms with van der Waals surface area (Å²) < 4.78 is 7.40. The molecule has 0 saturated carbocycles. The largest absolute Gasteiger partial charge is 0.263 e. The van der Waals surface area contributed by atoms with E-state index in [0.29, 0.717) is 12.1 Å². The Morgan fingerprint density at radius 2 is 1.09 bits per heavy atom. The summed E-state index contributed by atoms with van der Waals surface area (Å²) in [6, 6.07) is 22.5. The quantitative estimate of drug-likeness (QED) is 0.789. The number of nitrogens with zero attached hydrogens (tertiary/aromatic N) is 3. The van der Waals surface area contributed by atoms with Gasteiger partial charge in [0, 0.05) is 0 Å². The summed E-state index contributed by atoms with van der Waals surface area (Å²) in [6.45, 7) is 0. The summed E-state index contributed by atoms with van der Waals surface area (Å²) in [4.78, 5) is 0. The van der Waals surface area contributed by atoms with Crippen molar-refractivity contribution in [2.24, 2.45) is 0 Å². The van der Waals surface area contributed by atoms with Gasteiger partial charge in [-0.25, -0.2) is 0 Å². The molecule has 3 nitrogen and oxygen atoms in total. The summed E-state index contributed by atoms with van der Waals surface area (Å²) in [5, 5.41) is 0. The van der Waals surface area contributed by atoms with Gasteiger partial charge in [0.05, 0.1) is 12.1 Å². The molecule has 2 aromatic rings. The molecule has 2 atom stereocenters. The third kappa shape index (κ3) is 2.70. The molecule has 0 radical (unpaired) electrons. The van der Waals surface area contributed by atoms with E-state index in [4.69, 9.17) is 0 Å². The Kier molecular flexibility index (Phi) is 4.60. The van der Waals surface area contributed by atoms with Crippen LogP contribution in [0, 0.1) is 0 Å². The van der Waals surface area contributed by atoms with Crippen LogP contribution in [0.4, 0.5) is 0 Å². The van der Waals surface area contributed by atoms with Crippen molar-refractivity contribution in [3.05, 3.63) is 71.8 Å². The van der Waals surface area contributed by atoms with Crippen LogP contribution >= 0.6 is 8.37 Å². The van der Waals surface area contributed by atoms with Crippen molar-refractivity contribution in [3.63, 3.8) is 0 Å². The fourth-order valence-electron chi connectivity index (χ4n) is 3.51. The van der Waals surface area contributed by atoms with Crippen molar-refractivity contribution >= 4 is 8.37 Å². The lowest BCUT2D eigenvalue weighted by Crippen LogP contribution is -2.21. The zero-order valence-electron chi connectivity index (χ0n) is 13.7. The molecule has 1 aliphatic heterocycles. The first-order valence-corrected chi connectivity index (χ1v) is 8.84. The predicted molar refractivity (Wildman–Crippen MR) is 94.5 cm³/mol. The van der Waals surface area contributed by atoms with Crippen molar-refractivity contribution in [3.8, 4) is 0 Å². The molecule has 0 aromatic heterocycles. The Morgan fingerprint density at radius 1 is 0.727 bits per heavy atom. The lowest BCUT2D eigenvalue weighted by Gasteiger charge is -2.31. The maximum absolute atomic E-state index is 2.53. The van der Waals surface area contributed by atoms with E-state index in [0.717, 1.165) is 0 Å². The molecule has 3 rings (SSSR count). The fourth-order valence-corrected chi connectivity index (χ4v) is 6.05. The maximum atomic E-state index is 2.53. The fraction of sp³-hybridized carbons (Fsp3) is 0.333. The summed E-state index contributed by atoms with van der Waals surface area (Å²) in [6.07, 6.45) is 0. The molecule has 1 fully saturated rings. The molecule has 1 aliphatic rings. The molecule has 116 valence electrons. The molecule has 1 heterocycles. The highest BCUT2D eigenvalue weighted by Gasteiger charge is 2.46. The molecule has 2 aromatic carbocycles. The van der Waals surface area contributed by atoms with Crippen LogP contribution in [0.15, 0.2) is 60.7 Å². The van der Waals surface area contributed by atoms with Gasteiger partial charge in [0.15, 0.2) is 0 Å². The van der Waals surface area contributed by atoms with Gasteiger partial charge in [-0.2, -0.15) is 0 Å². The second kappa shape index (κ2) is 6.47. The topological polar surface area (TPSA) is 9.72 Å². The standard InChI is InChI=1S/C18H24N3P/c1-19(2)22-20(3)17(15-11-7-5-8-12-15)18(21(22)4)16-13-9-6-10-14-16/h5-14,17-18H,1-4H3. The first-order valence-electron chi connectivity index (χ1n) is 7.64. The van der Waals surface area contributed by atoms with Crippen LogP contribution in [0.5, 0.6) is 0 Å². The van der Waals surface area contributed by atoms with Gasteiger partial charge in [0.1, 0.15) is 8.37 Å². The summed E-state index contributed by atoms with van der Waals surface area (Å²) in [7, 11) is 8.40. The lowest BCUT2D eigenvalue weighted by molar-refractivity contribution is 0.316. The van der Waals surface area contributed by atoms with E-state index in [-0.39, 0.29) is 0 Å². The Balaban J connectivity index is 2.07. The van der Waals surface area contributed by atoms with Gasteiger partial charge in [-0.05, 0) is 39.3 Å². The second-order valence-electron chi connectivity index (χ2n) is 5.97. The minimum absolute atomic E-state index is 0.377. The van der Waals surface area contributed by atoms with Gasteiger partial charge in [-0.15, -0.1) is 0 Å². The van der Waals surface area contributed by atoms with Crippen LogP contribution in [-0.4, -0.2) is 42.2 Å². The van der Waals surface area contributed by atoms with Crippen molar-refractivity contribution in [2.45, 2.75) is 12.1 Å². The minimum Gasteiger partial charge on any atom is -0.263 e. The Morgan fingerprint density at radius 3 is 1.41 bits per heavy atom. The van der Waals surface area contributed by atoms with E-state index >= 15 is 0 Å². The molecule has 0 aliphatic carbocycles. The van der Waals surface area contributed by atoms with Crippen LogP contribution in [-0.2, 0) is 0 Å². The van der Waals surface area contributed by atoms with E-state index in [1.807, 2.05) is 0 Å². The van der Waals surface area contributed by atoms with Crippen molar-refractivity contribution in [1.29, 1.82) is 0 Å². The summed E-state index contributed by atoms with van der Waals surface area (Å²) in [5.41, 5.74) is 2.77. The first-order chi connectivity index (χ1) is 10.6. The number of hydrogen-bond donors (Lipinski definition) is 0. The molecule has 4 heteroatoms. The predicted octanol–water partition coefficient (Wildman–Crippen LogP) is 4.13. The van der Waals surface area contributed by atoms with Gasteiger partial charge < -0.3 is 0 Å². The monoisotopic (exact) mass is 313 g/mol. The Bertz CT molecular complexity index is 551. The number of benzene rings is 2. The van der Waals surface area contributed by atoms with E-state index in [1.54, 1.807) is 0 Å². The highest BCUT2D eigenvalue weighted by atomic mass is 31.2. The van der Waals surface area contributed by atoms with Gasteiger partial charge in [-0.1, -0.05) is 60.7 Å². The molecule has 0 bridgehead atoms. The van der Waals surface area contributed by atoms with Crippen LogP contribution in [0.25, 0.3) is 0 Å². The van der Waals surface area contributed by atoms with Gasteiger partial charge in [0.25, 0.3) is 0 Å². The molecule has 0 amide bonds. The third-order valence-electron chi connectivity index (χ3n) is 4.31. The molecule has 1 saturated heterocycles. The highest BCUT2D eigenvalue weighted by Crippen LogP contribution is 2.62. The number of likely N-dealkylation sites (N-methyl/N-ethyl adjacent to an activating group) is 2. The number of hydrogen-bond acceptors (Lipinski definition) is 3. The Labute approximate surface area is 135 Å². The van der Waals surface area contributed by atoms with Gasteiger partial charge >= 0.3 is 0 Å². The van der Waals surface area contributed by atoms with Crippen molar-refractivity contribution < 1.29 is 0 Å². The summed E-state index contributed by atoms with van der Waals surface area (Å²) in [5.74, 6) is 0. The van der Waals surface area contributed by atoms with Crippen molar-refractivity contribution in [1.82, 2.24) is 14.0 Å². The molecule has 22 heavy (non-hydrogen) atoms. The van der Waals surface area contributed by atoms with E-state index in [2.05, 4.69) is 103 Å². The zero-order valence-corrected chi connectivity index (χ0v) is 14.6. The lowest BCUT2D eigenvalue weighted by atomic mass is 9.93. The summed E-state index contributed by atoms with van der Waals surface area (Å²) >= 11 is 0. The third-order valence-corrected chi connectivity index (χ3v) is 6.65. The van der Waals surface area contributed by atoms with Crippen LogP contribution in [0.2, 0.25) is 0 Å². The molecule has 0 spiro atoms. The second-order valence-corrected chi connectivity index (χ2v) is 8.57. The zero-order chi connectivity index (χ0) is 15.7. The molecule has 0 N–H and O–H groups in total. The van der Waals surface area contributed by atoms with Gasteiger partial charge in [0.2, 0.25) is 0 Å². The Hall–Kier alpha value is -1.25. The molecular weight excluding hydrogens is 289 g/mol. The van der Waals surface area contributed by atoms with Crippen LogP contribution < -0.4 is 0 Å². The molecule has 2 unspecified atom stereocenters. The molecular formula is C18H24N3P. The maximum Gasteiger partial charge on any atom is 0.120 e. The normalized spacial score (nSPS) is 26.7. The first kappa shape index (κ1) is 15.6. The van der Waals surface area contributed by atoms with Crippen LogP contribution in [0.1, 0.15) is 23.2 Å². The van der Waals surface area contributed by atoms with Crippen LogP contribution in [0.3, 0.4) is 0 Å². The van der Waals surface area contributed by atoms with E-state index in [1.165, 1.54) is 11.1 Å². The van der Waals surface area contributed by atoms with Crippen molar-refractivity contribution in [2.75, 3.05) is 28.2 Å². The number of rotatable bonds is 3.